The van der Waals surface area contributed by atoms with Crippen LogP contribution in [0.4, 0.5) is 5.82 Å². The minimum absolute atomic E-state index is 0.215. The molecule has 5 nitrogen and oxygen atoms in total. The van der Waals surface area contributed by atoms with E-state index in [9.17, 15) is 9.90 Å². The molecule has 0 unspecified atom stereocenters. The summed E-state index contributed by atoms with van der Waals surface area (Å²) in [4.78, 5) is 17.2. The second-order valence-corrected chi connectivity index (χ2v) is 4.99. The Bertz CT molecular complexity index is 438. The molecule has 0 saturated heterocycles. The van der Waals surface area contributed by atoms with Crippen LogP contribution in [-0.2, 0) is 0 Å². The van der Waals surface area contributed by atoms with Gasteiger partial charge in [-0.1, -0.05) is 0 Å². The Morgan fingerprint density at radius 3 is 2.50 bits per heavy atom. The molecule has 0 amide bonds. The maximum atomic E-state index is 11.0. The summed E-state index contributed by atoms with van der Waals surface area (Å²) in [6.07, 6.45) is 0. The van der Waals surface area contributed by atoms with Crippen LogP contribution in [0.2, 0.25) is 0 Å². The van der Waals surface area contributed by atoms with E-state index < -0.39 is 11.6 Å². The van der Waals surface area contributed by atoms with E-state index >= 15 is 0 Å². The number of nitrogens with zero attached hydrogens (tertiary/aromatic N) is 2. The number of aromatic carboxylic acids is 1. The number of pyridine rings is 1. The molecule has 0 aromatic carbocycles. The number of carbonyl (C=O) groups is 1. The molecule has 0 spiro atoms. The second-order valence-electron chi connectivity index (χ2n) is 4.99. The molecule has 0 atom stereocenters. The summed E-state index contributed by atoms with van der Waals surface area (Å²) in [7, 11) is 0. The zero-order valence-corrected chi connectivity index (χ0v) is 11.3. The van der Waals surface area contributed by atoms with Crippen molar-refractivity contribution in [1.82, 2.24) is 4.98 Å². The van der Waals surface area contributed by atoms with Gasteiger partial charge in [-0.05, 0) is 39.8 Å². The first-order chi connectivity index (χ1) is 8.23. The van der Waals surface area contributed by atoms with E-state index in [1.807, 2.05) is 11.8 Å². The number of likely N-dealkylation sites (N-methyl/N-ethyl adjacent to an activating group) is 1. The van der Waals surface area contributed by atoms with Gasteiger partial charge in [0.2, 0.25) is 0 Å². The van der Waals surface area contributed by atoms with Gasteiger partial charge in [-0.3, -0.25) is 0 Å². The topological polar surface area (TPSA) is 73.7 Å². The van der Waals surface area contributed by atoms with Gasteiger partial charge in [-0.25, -0.2) is 9.78 Å². The van der Waals surface area contributed by atoms with Crippen LogP contribution in [0.5, 0.6) is 0 Å². The molecule has 1 heterocycles. The van der Waals surface area contributed by atoms with Crippen LogP contribution in [0.25, 0.3) is 0 Å². The van der Waals surface area contributed by atoms with Crippen LogP contribution in [0, 0.1) is 6.92 Å². The van der Waals surface area contributed by atoms with E-state index in [4.69, 9.17) is 5.11 Å². The number of aromatic nitrogens is 1. The fraction of sp³-hybridized carbons (Fsp3) is 0.538. The van der Waals surface area contributed by atoms with Crippen molar-refractivity contribution >= 4 is 11.8 Å². The van der Waals surface area contributed by atoms with E-state index in [2.05, 4.69) is 4.98 Å². The Labute approximate surface area is 107 Å². The minimum Gasteiger partial charge on any atom is -0.478 e. The fourth-order valence-electron chi connectivity index (χ4n) is 1.76. The lowest BCUT2D eigenvalue weighted by molar-refractivity contribution is 0.0696. The number of aryl methyl sites for hydroxylation is 1. The lowest BCUT2D eigenvalue weighted by atomic mass is 10.1. The summed E-state index contributed by atoms with van der Waals surface area (Å²) in [6, 6.07) is 3.06. The molecule has 0 bridgehead atoms. The van der Waals surface area contributed by atoms with Crippen molar-refractivity contribution in [3.8, 4) is 0 Å². The SMILES string of the molecule is CCN(CC(C)(C)O)c1cc(C(=O)O)cc(C)n1. The van der Waals surface area contributed by atoms with Crippen LogP contribution < -0.4 is 4.90 Å². The molecular weight excluding hydrogens is 232 g/mol. The van der Waals surface area contributed by atoms with Crippen LogP contribution in [0.15, 0.2) is 12.1 Å². The third kappa shape index (κ3) is 4.00. The van der Waals surface area contributed by atoms with Gasteiger partial charge in [-0.15, -0.1) is 0 Å². The summed E-state index contributed by atoms with van der Waals surface area (Å²) >= 11 is 0. The highest BCUT2D eigenvalue weighted by molar-refractivity contribution is 5.88. The quantitative estimate of drug-likeness (QED) is 0.834. The van der Waals surface area contributed by atoms with Crippen molar-refractivity contribution in [3.63, 3.8) is 0 Å². The third-order valence-corrected chi connectivity index (χ3v) is 2.47. The second kappa shape index (κ2) is 5.35. The van der Waals surface area contributed by atoms with E-state index in [1.54, 1.807) is 20.8 Å². The van der Waals surface area contributed by atoms with E-state index in [1.165, 1.54) is 12.1 Å². The molecular formula is C13H20N2O3. The van der Waals surface area contributed by atoms with Crippen molar-refractivity contribution in [2.75, 3.05) is 18.0 Å². The summed E-state index contributed by atoms with van der Waals surface area (Å²) in [5.74, 6) is -0.391. The van der Waals surface area contributed by atoms with Gasteiger partial charge in [0, 0.05) is 18.8 Å². The first kappa shape index (κ1) is 14.4. The van der Waals surface area contributed by atoms with E-state index in [0.29, 0.717) is 24.6 Å². The lowest BCUT2D eigenvalue weighted by Crippen LogP contribution is -2.39. The fourth-order valence-corrected chi connectivity index (χ4v) is 1.76. The Morgan fingerprint density at radius 2 is 2.06 bits per heavy atom. The molecule has 0 aliphatic carbocycles. The van der Waals surface area contributed by atoms with Crippen molar-refractivity contribution in [1.29, 1.82) is 0 Å². The highest BCUT2D eigenvalue weighted by atomic mass is 16.4. The Balaban J connectivity index is 3.09. The predicted octanol–water partition coefficient (Wildman–Crippen LogP) is 1.69. The van der Waals surface area contributed by atoms with Crippen LogP contribution in [0.3, 0.4) is 0 Å². The van der Waals surface area contributed by atoms with Gasteiger partial charge >= 0.3 is 5.97 Å². The maximum Gasteiger partial charge on any atom is 0.335 e. The Kier molecular flexibility index (Phi) is 4.29. The van der Waals surface area contributed by atoms with Gasteiger partial charge in [0.1, 0.15) is 5.82 Å². The van der Waals surface area contributed by atoms with Gasteiger partial charge in [0.05, 0.1) is 11.2 Å². The van der Waals surface area contributed by atoms with Crippen molar-refractivity contribution < 1.29 is 15.0 Å². The summed E-state index contributed by atoms with van der Waals surface area (Å²) in [5, 5.41) is 18.9. The van der Waals surface area contributed by atoms with Crippen molar-refractivity contribution in [2.24, 2.45) is 0 Å². The zero-order valence-electron chi connectivity index (χ0n) is 11.3. The van der Waals surface area contributed by atoms with Crippen molar-refractivity contribution in [2.45, 2.75) is 33.3 Å². The van der Waals surface area contributed by atoms with E-state index in [-0.39, 0.29) is 5.56 Å². The van der Waals surface area contributed by atoms with Crippen LogP contribution in [-0.4, -0.2) is 39.9 Å². The number of anilines is 1. The van der Waals surface area contributed by atoms with Crippen molar-refractivity contribution in [3.05, 3.63) is 23.4 Å². The molecule has 18 heavy (non-hydrogen) atoms. The number of carboxylic acids is 1. The molecule has 5 heteroatoms. The predicted molar refractivity (Wildman–Crippen MR) is 70.1 cm³/mol. The minimum atomic E-state index is -0.971. The summed E-state index contributed by atoms with van der Waals surface area (Å²) in [5.41, 5.74) is 0.0101. The summed E-state index contributed by atoms with van der Waals surface area (Å²) in [6.45, 7) is 8.18. The van der Waals surface area contributed by atoms with Gasteiger partial charge < -0.3 is 15.1 Å². The van der Waals surface area contributed by atoms with Gasteiger partial charge in [0.25, 0.3) is 0 Å². The lowest BCUT2D eigenvalue weighted by Gasteiger charge is -2.29. The monoisotopic (exact) mass is 252 g/mol. The standard InChI is InChI=1S/C13H20N2O3/c1-5-15(8-13(3,4)18)11-7-10(12(16)17)6-9(2)14-11/h6-7,18H,5,8H2,1-4H3,(H,16,17). The highest BCUT2D eigenvalue weighted by Gasteiger charge is 2.19. The Morgan fingerprint density at radius 1 is 1.44 bits per heavy atom. The molecule has 100 valence electrons. The highest BCUT2D eigenvalue weighted by Crippen LogP contribution is 2.17. The summed E-state index contributed by atoms with van der Waals surface area (Å²) < 4.78 is 0. The molecule has 0 radical (unpaired) electrons. The first-order valence-electron chi connectivity index (χ1n) is 5.92. The van der Waals surface area contributed by atoms with Crippen LogP contribution >= 0.6 is 0 Å². The molecule has 0 aliphatic rings. The Hall–Kier alpha value is -1.62. The number of hydrogen-bond acceptors (Lipinski definition) is 4. The average molecular weight is 252 g/mol. The average Bonchev–Trinajstić information content (AvgIpc) is 2.23. The molecule has 1 aromatic rings. The van der Waals surface area contributed by atoms with Gasteiger partial charge in [-0.2, -0.15) is 0 Å². The molecule has 2 N–H and O–H groups in total. The van der Waals surface area contributed by atoms with Gasteiger partial charge in [0.15, 0.2) is 0 Å². The molecule has 1 rings (SSSR count). The molecule has 0 aliphatic heterocycles. The first-order valence-corrected chi connectivity index (χ1v) is 5.92. The van der Waals surface area contributed by atoms with E-state index in [0.717, 1.165) is 0 Å². The number of carboxylic acid groups (broad SMARTS) is 1. The zero-order chi connectivity index (χ0) is 13.9. The molecule has 0 saturated carbocycles. The number of rotatable bonds is 5. The smallest absolute Gasteiger partial charge is 0.335 e. The third-order valence-electron chi connectivity index (χ3n) is 2.47. The number of aliphatic hydroxyl groups is 1. The largest absolute Gasteiger partial charge is 0.478 e. The normalized spacial score (nSPS) is 11.4. The molecule has 1 aromatic heterocycles. The van der Waals surface area contributed by atoms with Crippen LogP contribution in [0.1, 0.15) is 36.8 Å². The molecule has 0 fully saturated rings. The number of hydrogen-bond donors (Lipinski definition) is 2. The maximum absolute atomic E-state index is 11.0.